The van der Waals surface area contributed by atoms with E-state index in [1.165, 1.54) is 24.3 Å². The molecule has 7 amide bonds. The Kier molecular flexibility index (Phi) is 22.7. The van der Waals surface area contributed by atoms with Crippen LogP contribution in [0, 0.1) is 17.8 Å². The predicted octanol–water partition coefficient (Wildman–Crippen LogP) is 2.78. The lowest BCUT2D eigenvalue weighted by Gasteiger charge is -2.29. The smallest absolute Gasteiger partial charge is 0.326 e. The number of benzene rings is 4. The highest BCUT2D eigenvalue weighted by Gasteiger charge is 2.36. The van der Waals surface area contributed by atoms with E-state index in [0.717, 1.165) is 10.9 Å². The lowest BCUT2D eigenvalue weighted by molar-refractivity contribution is -0.143. The molecule has 0 fully saturated rings. The highest BCUT2D eigenvalue weighted by molar-refractivity contribution is 5.99. The summed E-state index contributed by atoms with van der Waals surface area (Å²) in [5, 5.41) is 49.1. The van der Waals surface area contributed by atoms with E-state index in [-0.39, 0.29) is 49.7 Å². The summed E-state index contributed by atoms with van der Waals surface area (Å²) >= 11 is 0. The van der Waals surface area contributed by atoms with Crippen LogP contribution in [0.4, 0.5) is 0 Å². The van der Waals surface area contributed by atoms with Crippen LogP contribution < -0.4 is 43.0 Å². The fraction of sp³-hybridized carbons (Fsp3) is 0.397. The summed E-state index contributed by atoms with van der Waals surface area (Å²) in [7, 11) is 0. The molecule has 21 nitrogen and oxygen atoms in total. The molecule has 1 aromatic heterocycles. The predicted molar refractivity (Wildman–Crippen MR) is 295 cm³/mol. The average molecular weight is 1090 g/mol. The van der Waals surface area contributed by atoms with Crippen molar-refractivity contribution in [3.8, 4) is 5.75 Å². The number of aromatic nitrogens is 1. The number of phenols is 1. The first-order chi connectivity index (χ1) is 37.5. The summed E-state index contributed by atoms with van der Waals surface area (Å²) in [6.45, 7) is 10.4. The third-order valence-corrected chi connectivity index (χ3v) is 13.2. The summed E-state index contributed by atoms with van der Waals surface area (Å²) < 4.78 is 0. The van der Waals surface area contributed by atoms with Crippen LogP contribution in [0.2, 0.25) is 0 Å². The molecule has 5 rings (SSSR count). The van der Waals surface area contributed by atoms with Crippen molar-refractivity contribution in [2.45, 2.75) is 128 Å². The van der Waals surface area contributed by atoms with Gasteiger partial charge in [-0.1, -0.05) is 133 Å². The van der Waals surface area contributed by atoms with Crippen LogP contribution in [0.15, 0.2) is 115 Å². The van der Waals surface area contributed by atoms with E-state index in [9.17, 15) is 58.5 Å². The second-order valence-electron chi connectivity index (χ2n) is 20.7. The van der Waals surface area contributed by atoms with E-state index in [4.69, 9.17) is 5.73 Å². The van der Waals surface area contributed by atoms with E-state index in [0.29, 0.717) is 22.3 Å². The SMILES string of the molecule is CC(C)CC(NC(=O)C(Cc1c[nH]c2ccccc12)NC(=O)C(NC(=O)C(Cc1ccccc1)NC(=O)C(Cc1ccccc1)NC(=O)C(CC(=O)O)NC(=O)C(Cc1ccc(O)cc1)NC(=O)C(N)C(C)C)C(C)C)C(=O)O. The first-order valence-corrected chi connectivity index (χ1v) is 26.2. The highest BCUT2D eigenvalue weighted by atomic mass is 16.4. The van der Waals surface area contributed by atoms with Crippen LogP contribution in [0.5, 0.6) is 5.75 Å². The number of phenolic OH excluding ortho intramolecular Hbond substituents is 1. The second kappa shape index (κ2) is 29.2. The summed E-state index contributed by atoms with van der Waals surface area (Å²) in [6.07, 6.45) is 0.329. The van der Waals surface area contributed by atoms with E-state index in [1.807, 2.05) is 38.1 Å². The molecule has 0 saturated carbocycles. The van der Waals surface area contributed by atoms with Crippen LogP contribution in [0.3, 0.4) is 0 Å². The van der Waals surface area contributed by atoms with Gasteiger partial charge in [0, 0.05) is 42.8 Å². The molecule has 0 aliphatic carbocycles. The number of aromatic amines is 1. The maximum absolute atomic E-state index is 14.7. The fourth-order valence-corrected chi connectivity index (χ4v) is 8.71. The Bertz CT molecular complexity index is 2890. The van der Waals surface area contributed by atoms with Gasteiger partial charge in [0.2, 0.25) is 41.4 Å². The van der Waals surface area contributed by atoms with Crippen LogP contribution in [-0.4, -0.2) is 122 Å². The quantitative estimate of drug-likeness (QED) is 0.0328. The number of carboxylic acid groups (broad SMARTS) is 2. The van der Waals surface area contributed by atoms with E-state index >= 15 is 0 Å². The van der Waals surface area contributed by atoms with Gasteiger partial charge in [0.15, 0.2) is 0 Å². The van der Waals surface area contributed by atoms with Gasteiger partial charge in [0.25, 0.3) is 0 Å². The number of H-pyrrole nitrogens is 1. The number of aromatic hydroxyl groups is 1. The fourth-order valence-electron chi connectivity index (χ4n) is 8.71. The number of hydrogen-bond acceptors (Lipinski definition) is 11. The zero-order valence-electron chi connectivity index (χ0n) is 45.2. The Labute approximate surface area is 458 Å². The van der Waals surface area contributed by atoms with Crippen molar-refractivity contribution in [1.29, 1.82) is 0 Å². The number of nitrogens with one attached hydrogen (secondary N) is 8. The molecule has 8 unspecified atom stereocenters. The number of aliphatic carboxylic acids is 2. The number of hydrogen-bond donors (Lipinski definition) is 12. The van der Waals surface area contributed by atoms with Gasteiger partial charge in [-0.3, -0.25) is 38.4 Å². The lowest BCUT2D eigenvalue weighted by Crippen LogP contribution is -2.61. The molecule has 422 valence electrons. The number of carbonyl (C=O) groups excluding carboxylic acids is 7. The molecule has 0 aliphatic rings. The summed E-state index contributed by atoms with van der Waals surface area (Å²) in [5.41, 5.74) is 9.15. The van der Waals surface area contributed by atoms with E-state index in [2.05, 4.69) is 42.2 Å². The van der Waals surface area contributed by atoms with Crippen molar-refractivity contribution in [3.63, 3.8) is 0 Å². The minimum atomic E-state index is -1.81. The van der Waals surface area contributed by atoms with Gasteiger partial charge in [-0.15, -0.1) is 0 Å². The minimum absolute atomic E-state index is 0.0567. The Balaban J connectivity index is 1.43. The minimum Gasteiger partial charge on any atom is -0.508 e. The summed E-state index contributed by atoms with van der Waals surface area (Å²) in [4.78, 5) is 127. The number of nitrogens with two attached hydrogens (primary N) is 1. The van der Waals surface area contributed by atoms with Gasteiger partial charge in [0.05, 0.1) is 12.5 Å². The van der Waals surface area contributed by atoms with Crippen molar-refractivity contribution in [2.24, 2.45) is 23.5 Å². The maximum atomic E-state index is 14.7. The number of para-hydroxylation sites is 1. The van der Waals surface area contributed by atoms with Gasteiger partial charge in [0.1, 0.15) is 48.0 Å². The van der Waals surface area contributed by atoms with Crippen LogP contribution in [-0.2, 0) is 68.8 Å². The third-order valence-electron chi connectivity index (χ3n) is 13.2. The molecule has 4 aromatic carbocycles. The van der Waals surface area contributed by atoms with Crippen LogP contribution in [0.25, 0.3) is 10.9 Å². The van der Waals surface area contributed by atoms with Crippen LogP contribution in [0.1, 0.15) is 76.6 Å². The molecule has 0 saturated heterocycles. The summed E-state index contributed by atoms with van der Waals surface area (Å²) in [6, 6.07) is 19.1. The molecule has 8 atom stereocenters. The average Bonchev–Trinajstić information content (AvgIpc) is 3.82. The molecular formula is C58H73N9O12. The molecule has 79 heavy (non-hydrogen) atoms. The molecule has 0 radical (unpaired) electrons. The van der Waals surface area contributed by atoms with Gasteiger partial charge in [-0.2, -0.15) is 0 Å². The van der Waals surface area contributed by atoms with Crippen molar-refractivity contribution < 1.29 is 58.5 Å². The Morgan fingerprint density at radius 3 is 1.37 bits per heavy atom. The van der Waals surface area contributed by atoms with E-state index in [1.54, 1.807) is 94.6 Å². The number of rotatable bonds is 29. The Morgan fingerprint density at radius 1 is 0.468 bits per heavy atom. The molecule has 0 spiro atoms. The molecule has 5 aromatic rings. The first-order valence-electron chi connectivity index (χ1n) is 26.2. The highest BCUT2D eigenvalue weighted by Crippen LogP contribution is 2.21. The van der Waals surface area contributed by atoms with E-state index < -0.39 is 114 Å². The second-order valence-corrected chi connectivity index (χ2v) is 20.7. The number of amides is 7. The summed E-state index contributed by atoms with van der Waals surface area (Å²) in [5.74, 6) is -9.86. The molecular weight excluding hydrogens is 1010 g/mol. The van der Waals surface area contributed by atoms with Gasteiger partial charge in [-0.05, 0) is 64.6 Å². The monoisotopic (exact) mass is 1090 g/mol. The Hall–Kier alpha value is -8.59. The normalized spacial score (nSPS) is 14.4. The van der Waals surface area contributed by atoms with Gasteiger partial charge >= 0.3 is 11.9 Å². The topological polar surface area (TPSA) is 340 Å². The molecule has 13 N–H and O–H groups in total. The first kappa shape index (κ1) is 61.3. The third kappa shape index (κ3) is 18.8. The van der Waals surface area contributed by atoms with Crippen molar-refractivity contribution in [3.05, 3.63) is 138 Å². The molecule has 21 heteroatoms. The lowest BCUT2D eigenvalue weighted by atomic mass is 9.98. The number of carbonyl (C=O) groups is 9. The van der Waals surface area contributed by atoms with Gasteiger partial charge < -0.3 is 63.3 Å². The zero-order chi connectivity index (χ0) is 57.9. The van der Waals surface area contributed by atoms with Crippen molar-refractivity contribution >= 4 is 64.2 Å². The standard InChI is InChI=1S/C58H73N9O12/c1-32(2)25-47(58(78)79)66-53(73)45(29-38-31-60-41-20-14-13-19-40(38)41)65-57(77)50(34(5)6)67-55(75)44(27-36-17-11-8-12-18-36)62-51(71)42(26-35-15-9-7-10-16-35)61-54(74)46(30-48(69)70)63-52(72)43(64-56(76)49(59)33(3)4)28-37-21-23-39(68)24-22-37/h7-24,31-34,42-47,49-50,60,68H,25-30,59H2,1-6H3,(H,61,74)(H,62,71)(H,63,72)(H,64,76)(H,65,77)(H,66,73)(H,67,75)(H,69,70)(H,78,79). The maximum Gasteiger partial charge on any atom is 0.326 e. The molecule has 1 heterocycles. The zero-order valence-corrected chi connectivity index (χ0v) is 45.2. The molecule has 0 aliphatic heterocycles. The molecule has 0 bridgehead atoms. The van der Waals surface area contributed by atoms with Crippen molar-refractivity contribution in [1.82, 2.24) is 42.2 Å². The largest absolute Gasteiger partial charge is 0.508 e. The number of carboxylic acids is 2. The van der Waals surface area contributed by atoms with Gasteiger partial charge in [-0.25, -0.2) is 4.79 Å². The van der Waals surface area contributed by atoms with Crippen molar-refractivity contribution in [2.75, 3.05) is 0 Å². The Morgan fingerprint density at radius 2 is 0.886 bits per heavy atom. The number of fused-ring (bicyclic) bond motifs is 1. The van der Waals surface area contributed by atoms with Crippen LogP contribution >= 0.6 is 0 Å².